The first-order chi connectivity index (χ1) is 23.1. The van der Waals surface area contributed by atoms with Gasteiger partial charge in [-0.15, -0.1) is 0 Å². The van der Waals surface area contributed by atoms with Gasteiger partial charge < -0.3 is 37.1 Å². The number of nitrogens with one attached hydrogen (secondary N) is 3. The van der Waals surface area contributed by atoms with E-state index in [1.54, 1.807) is 0 Å². The highest BCUT2D eigenvalue weighted by Crippen LogP contribution is 2.15. The Bertz CT molecular complexity index is 1480. The van der Waals surface area contributed by atoms with Crippen LogP contribution in [0.1, 0.15) is 43.2 Å². The lowest BCUT2D eigenvalue weighted by Crippen LogP contribution is -2.55. The van der Waals surface area contributed by atoms with E-state index >= 15 is 0 Å². The molecule has 0 bridgehead atoms. The highest BCUT2D eigenvalue weighted by atomic mass is 19.1. The lowest BCUT2D eigenvalue weighted by atomic mass is 10.0. The third-order valence-corrected chi connectivity index (χ3v) is 8.17. The van der Waals surface area contributed by atoms with Gasteiger partial charge in [0.2, 0.25) is 23.6 Å². The Kier molecular flexibility index (Phi) is 15.9. The minimum absolute atomic E-state index is 0.0636. The van der Waals surface area contributed by atoms with Crippen molar-refractivity contribution >= 4 is 34.4 Å². The molecule has 4 rings (SSSR count). The molecule has 48 heavy (non-hydrogen) atoms. The molecule has 0 spiro atoms. The molecule has 1 saturated heterocycles. The second-order valence-electron chi connectivity index (χ2n) is 12.0. The number of benzene rings is 3. The van der Waals surface area contributed by atoms with Crippen molar-refractivity contribution in [1.29, 1.82) is 0 Å². The van der Waals surface area contributed by atoms with E-state index in [1.165, 1.54) is 52.5 Å². The van der Waals surface area contributed by atoms with E-state index < -0.39 is 41.5 Å². The van der Waals surface area contributed by atoms with Gasteiger partial charge in [-0.05, 0) is 80.6 Å². The molecule has 260 valence electrons. The maximum Gasteiger partial charge on any atom is 0.246 e. The van der Waals surface area contributed by atoms with Crippen molar-refractivity contribution < 1.29 is 28.3 Å². The van der Waals surface area contributed by atoms with Crippen LogP contribution < -0.4 is 27.4 Å². The van der Waals surface area contributed by atoms with E-state index in [9.17, 15) is 23.6 Å². The number of aryl methyl sites for hydroxylation is 1. The van der Waals surface area contributed by atoms with Crippen LogP contribution >= 0.6 is 0 Å². The summed E-state index contributed by atoms with van der Waals surface area (Å²) in [6.07, 6.45) is 3.69. The average Bonchev–Trinajstić information content (AvgIpc) is 3.60. The molecular weight excluding hydrogens is 615 g/mol. The maximum absolute atomic E-state index is 13.4. The molecule has 0 saturated carbocycles. The fourth-order valence-electron chi connectivity index (χ4n) is 5.32. The van der Waals surface area contributed by atoms with Crippen molar-refractivity contribution in [3.63, 3.8) is 0 Å². The molecule has 0 radical (unpaired) electrons. The zero-order valence-corrected chi connectivity index (χ0v) is 27.9. The Balaban J connectivity index is 0.000000472. The van der Waals surface area contributed by atoms with Crippen LogP contribution in [0, 0.1) is 12.7 Å². The van der Waals surface area contributed by atoms with Crippen LogP contribution in [0.3, 0.4) is 0 Å². The monoisotopic (exact) mass is 664 g/mol. The molecule has 4 amide bonds. The quantitative estimate of drug-likeness (QED) is 0.147. The van der Waals surface area contributed by atoms with Crippen LogP contribution in [-0.4, -0.2) is 86.5 Å². The van der Waals surface area contributed by atoms with Gasteiger partial charge in [0.05, 0.1) is 13.2 Å². The van der Waals surface area contributed by atoms with Gasteiger partial charge >= 0.3 is 0 Å². The lowest BCUT2D eigenvalue weighted by Gasteiger charge is -2.29. The fourth-order valence-corrected chi connectivity index (χ4v) is 5.32. The van der Waals surface area contributed by atoms with Gasteiger partial charge in [-0.1, -0.05) is 60.2 Å². The average molecular weight is 665 g/mol. The van der Waals surface area contributed by atoms with E-state index in [-0.39, 0.29) is 25.6 Å². The Labute approximate surface area is 281 Å². The summed E-state index contributed by atoms with van der Waals surface area (Å²) in [7, 11) is 1.43. The molecule has 11 nitrogen and oxygen atoms in total. The zero-order chi connectivity index (χ0) is 34.9. The van der Waals surface area contributed by atoms with Gasteiger partial charge in [0.1, 0.15) is 24.5 Å². The van der Waals surface area contributed by atoms with Crippen LogP contribution in [0.5, 0.6) is 0 Å². The van der Waals surface area contributed by atoms with E-state index in [4.69, 9.17) is 16.2 Å². The summed E-state index contributed by atoms with van der Waals surface area (Å²) in [4.78, 5) is 51.3. The number of fused-ring (bicyclic) bond motifs is 1. The Morgan fingerprint density at radius 2 is 1.77 bits per heavy atom. The summed E-state index contributed by atoms with van der Waals surface area (Å²) in [5.41, 5.74) is 12.9. The standard InChI is InChI=1S/C25H39FN6O5.C11H10/c1-32(23(34)14-30-22(33)16-37-15-19-5-4-12-29-19)21(13-17-7-9-18(26)10-8-17)25(36)31-20(24(28)35)6-2-3-11-27;1-9-6-7-10-4-2-3-5-11(10)8-9/h7-10,19-21,29H,2-6,11-16,27H2,1H3,(H2,28,35)(H,30,33)(H,31,36);2-8H,1H3. The SMILES string of the molecule is CN(C(=O)CNC(=O)COCC1CCCN1)C(Cc1ccc(F)cc1)C(=O)NC(CCCCN)C(N)=O.Cc1ccc2ccccc2c1. The fraction of sp³-hybridized carbons (Fsp3) is 0.444. The molecular formula is C36H49FN6O5. The molecule has 12 heteroatoms. The number of unbranched alkanes of at least 4 members (excludes halogenated alkanes) is 1. The molecule has 1 aliphatic heterocycles. The number of primary amides is 1. The van der Waals surface area contributed by atoms with Crippen LogP contribution in [-0.2, 0) is 30.3 Å². The number of ether oxygens (including phenoxy) is 1. The Morgan fingerprint density at radius 3 is 2.44 bits per heavy atom. The number of hydrogen-bond donors (Lipinski definition) is 5. The van der Waals surface area contributed by atoms with Gasteiger partial charge in [0.15, 0.2) is 0 Å². The van der Waals surface area contributed by atoms with Crippen LogP contribution in [0.25, 0.3) is 10.8 Å². The number of carbonyl (C=O) groups excluding carboxylic acids is 4. The number of hydrogen-bond acceptors (Lipinski definition) is 7. The summed E-state index contributed by atoms with van der Waals surface area (Å²) in [5, 5.41) is 11.0. The third kappa shape index (κ3) is 13.0. The van der Waals surface area contributed by atoms with Crippen LogP contribution in [0.15, 0.2) is 66.7 Å². The molecule has 3 aromatic carbocycles. The first-order valence-electron chi connectivity index (χ1n) is 16.4. The number of rotatable bonds is 16. The van der Waals surface area contributed by atoms with Crippen molar-refractivity contribution in [3.8, 4) is 0 Å². The van der Waals surface area contributed by atoms with E-state index in [0.717, 1.165) is 19.4 Å². The smallest absolute Gasteiger partial charge is 0.246 e. The van der Waals surface area contributed by atoms with Crippen LogP contribution in [0.2, 0.25) is 0 Å². The normalized spacial score (nSPS) is 15.1. The number of halogens is 1. The Hall–Kier alpha value is -4.39. The minimum atomic E-state index is -1.03. The largest absolute Gasteiger partial charge is 0.370 e. The maximum atomic E-state index is 13.4. The third-order valence-electron chi connectivity index (χ3n) is 8.17. The Morgan fingerprint density at radius 1 is 1.04 bits per heavy atom. The van der Waals surface area contributed by atoms with Gasteiger partial charge in [-0.25, -0.2) is 4.39 Å². The highest BCUT2D eigenvalue weighted by Gasteiger charge is 2.30. The van der Waals surface area contributed by atoms with Crippen molar-refractivity contribution in [1.82, 2.24) is 20.9 Å². The van der Waals surface area contributed by atoms with Gasteiger partial charge in [0.25, 0.3) is 0 Å². The molecule has 7 N–H and O–H groups in total. The highest BCUT2D eigenvalue weighted by molar-refractivity contribution is 5.93. The second kappa shape index (κ2) is 20.1. The van der Waals surface area contributed by atoms with Gasteiger partial charge in [0, 0.05) is 19.5 Å². The lowest BCUT2D eigenvalue weighted by molar-refractivity contribution is -0.140. The molecule has 0 aromatic heterocycles. The molecule has 0 aliphatic carbocycles. The number of likely N-dealkylation sites (N-methyl/N-ethyl adjacent to an activating group) is 1. The molecule has 1 heterocycles. The summed E-state index contributed by atoms with van der Waals surface area (Å²) in [6.45, 7) is 3.38. The zero-order valence-electron chi connectivity index (χ0n) is 27.9. The summed E-state index contributed by atoms with van der Waals surface area (Å²) in [6, 6.07) is 18.7. The number of nitrogens with zero attached hydrogens (tertiary/aromatic N) is 1. The first-order valence-corrected chi connectivity index (χ1v) is 16.4. The van der Waals surface area contributed by atoms with E-state index in [0.29, 0.717) is 38.0 Å². The minimum Gasteiger partial charge on any atom is -0.370 e. The molecule has 3 aromatic rings. The topological polar surface area (TPSA) is 169 Å². The van der Waals surface area contributed by atoms with Crippen molar-refractivity contribution in [2.24, 2.45) is 11.5 Å². The molecule has 1 fully saturated rings. The van der Waals surface area contributed by atoms with E-state index in [1.807, 2.05) is 0 Å². The number of nitrogens with two attached hydrogens (primary N) is 2. The van der Waals surface area contributed by atoms with Gasteiger partial charge in [-0.2, -0.15) is 0 Å². The first kappa shape index (κ1) is 38.1. The van der Waals surface area contributed by atoms with Crippen molar-refractivity contribution in [3.05, 3.63) is 83.7 Å². The van der Waals surface area contributed by atoms with Gasteiger partial charge in [-0.3, -0.25) is 19.2 Å². The summed E-state index contributed by atoms with van der Waals surface area (Å²) in [5.74, 6) is -2.69. The molecule has 3 atom stereocenters. The summed E-state index contributed by atoms with van der Waals surface area (Å²) >= 11 is 0. The molecule has 1 aliphatic rings. The second-order valence-corrected chi connectivity index (χ2v) is 12.0. The summed E-state index contributed by atoms with van der Waals surface area (Å²) < 4.78 is 18.8. The van der Waals surface area contributed by atoms with Crippen molar-refractivity contribution in [2.45, 2.75) is 63.6 Å². The van der Waals surface area contributed by atoms with E-state index in [2.05, 4.69) is 65.3 Å². The predicted molar refractivity (Wildman–Crippen MR) is 184 cm³/mol. The number of carbonyl (C=O) groups is 4. The van der Waals surface area contributed by atoms with Crippen LogP contribution in [0.4, 0.5) is 4.39 Å². The predicted octanol–water partition coefficient (Wildman–Crippen LogP) is 2.33. The molecule has 3 unspecified atom stereocenters. The van der Waals surface area contributed by atoms with Crippen molar-refractivity contribution in [2.75, 3.05) is 39.9 Å². The number of amides is 4.